The van der Waals surface area contributed by atoms with E-state index in [9.17, 15) is 0 Å². The Kier molecular flexibility index (Phi) is 7.15. The van der Waals surface area contributed by atoms with Crippen molar-refractivity contribution in [1.29, 1.82) is 0 Å². The first-order valence-corrected chi connectivity index (χ1v) is 5.36. The van der Waals surface area contributed by atoms with Gasteiger partial charge in [-0.05, 0) is 33.7 Å². The highest BCUT2D eigenvalue weighted by atomic mass is 16.5. The lowest BCUT2D eigenvalue weighted by molar-refractivity contribution is -0.00363. The quantitative estimate of drug-likeness (QED) is 0.610. The molecule has 0 aromatic rings. The van der Waals surface area contributed by atoms with Crippen molar-refractivity contribution in [3.8, 4) is 0 Å². The molecule has 0 amide bonds. The third kappa shape index (κ3) is 6.35. The van der Waals surface area contributed by atoms with Crippen molar-refractivity contribution in [2.75, 3.05) is 27.4 Å². The van der Waals surface area contributed by atoms with Gasteiger partial charge in [0.1, 0.15) is 0 Å². The van der Waals surface area contributed by atoms with Gasteiger partial charge < -0.3 is 14.8 Å². The molecule has 86 valence electrons. The Bertz CT molecular complexity index is 137. The molecule has 0 saturated heterocycles. The third-order valence-electron chi connectivity index (χ3n) is 2.37. The lowest BCUT2D eigenvalue weighted by Gasteiger charge is -2.28. The van der Waals surface area contributed by atoms with Crippen molar-refractivity contribution >= 4 is 0 Å². The highest BCUT2D eigenvalue weighted by molar-refractivity contribution is 4.77. The fraction of sp³-hybridized carbons (Fsp3) is 1.00. The molecular formula is C11H25NO2. The van der Waals surface area contributed by atoms with Crippen LogP contribution in [0.2, 0.25) is 0 Å². The molecule has 0 heterocycles. The average Bonchev–Trinajstić information content (AvgIpc) is 2.16. The summed E-state index contributed by atoms with van der Waals surface area (Å²) in [5.41, 5.74) is -0.0801. The van der Waals surface area contributed by atoms with Crippen LogP contribution in [0.5, 0.6) is 0 Å². The average molecular weight is 203 g/mol. The zero-order chi connectivity index (χ0) is 11.0. The Morgan fingerprint density at radius 2 is 2.00 bits per heavy atom. The van der Waals surface area contributed by atoms with Crippen molar-refractivity contribution in [2.24, 2.45) is 0 Å². The molecule has 0 aliphatic rings. The van der Waals surface area contributed by atoms with Crippen molar-refractivity contribution in [3.63, 3.8) is 0 Å². The third-order valence-corrected chi connectivity index (χ3v) is 2.37. The summed E-state index contributed by atoms with van der Waals surface area (Å²) >= 11 is 0. The molecule has 3 heteroatoms. The Morgan fingerprint density at radius 3 is 2.43 bits per heavy atom. The SMILES string of the molecule is CCCOCC(CC(C)(C)OC)NC. The summed E-state index contributed by atoms with van der Waals surface area (Å²) in [4.78, 5) is 0. The lowest BCUT2D eigenvalue weighted by atomic mass is 9.99. The summed E-state index contributed by atoms with van der Waals surface area (Å²) in [5.74, 6) is 0. The maximum atomic E-state index is 5.51. The maximum Gasteiger partial charge on any atom is 0.0638 e. The molecule has 14 heavy (non-hydrogen) atoms. The van der Waals surface area contributed by atoms with Crippen LogP contribution in [0, 0.1) is 0 Å². The summed E-state index contributed by atoms with van der Waals surface area (Å²) in [6.45, 7) is 7.91. The fourth-order valence-corrected chi connectivity index (χ4v) is 1.29. The Hall–Kier alpha value is -0.120. The second-order valence-corrected chi connectivity index (χ2v) is 4.23. The number of likely N-dealkylation sites (N-methyl/N-ethyl adjacent to an activating group) is 1. The molecule has 1 atom stereocenters. The minimum absolute atomic E-state index is 0.0801. The van der Waals surface area contributed by atoms with Crippen LogP contribution in [0.15, 0.2) is 0 Å². The van der Waals surface area contributed by atoms with Crippen molar-refractivity contribution < 1.29 is 9.47 Å². The van der Waals surface area contributed by atoms with E-state index in [1.165, 1.54) is 0 Å². The van der Waals surface area contributed by atoms with E-state index in [1.54, 1.807) is 7.11 Å². The van der Waals surface area contributed by atoms with Gasteiger partial charge in [0.15, 0.2) is 0 Å². The molecule has 0 aromatic carbocycles. The normalized spacial score (nSPS) is 14.4. The molecule has 0 fully saturated rings. The predicted octanol–water partition coefficient (Wildman–Crippen LogP) is 1.82. The van der Waals surface area contributed by atoms with Crippen LogP contribution in [0.3, 0.4) is 0 Å². The Morgan fingerprint density at radius 1 is 1.36 bits per heavy atom. The standard InChI is InChI=1S/C11H25NO2/c1-6-7-14-9-10(12-4)8-11(2,3)13-5/h10,12H,6-9H2,1-5H3. The first kappa shape index (κ1) is 13.9. The highest BCUT2D eigenvalue weighted by Crippen LogP contribution is 2.15. The van der Waals surface area contributed by atoms with Crippen LogP contribution < -0.4 is 5.32 Å². The second kappa shape index (κ2) is 7.21. The lowest BCUT2D eigenvalue weighted by Crippen LogP contribution is -2.38. The predicted molar refractivity (Wildman–Crippen MR) is 59.7 cm³/mol. The molecule has 0 spiro atoms. The van der Waals surface area contributed by atoms with E-state index >= 15 is 0 Å². The van der Waals surface area contributed by atoms with Crippen LogP contribution >= 0.6 is 0 Å². The number of rotatable bonds is 8. The first-order valence-electron chi connectivity index (χ1n) is 5.36. The largest absolute Gasteiger partial charge is 0.380 e. The van der Waals surface area contributed by atoms with Gasteiger partial charge in [0.25, 0.3) is 0 Å². The van der Waals surface area contributed by atoms with E-state index < -0.39 is 0 Å². The molecule has 0 aliphatic carbocycles. The molecule has 0 saturated carbocycles. The number of nitrogens with one attached hydrogen (secondary N) is 1. The second-order valence-electron chi connectivity index (χ2n) is 4.23. The molecule has 3 nitrogen and oxygen atoms in total. The molecule has 1 unspecified atom stereocenters. The molecule has 0 aliphatic heterocycles. The molecule has 0 rings (SSSR count). The Balaban J connectivity index is 3.78. The van der Waals surface area contributed by atoms with E-state index in [1.807, 2.05) is 7.05 Å². The van der Waals surface area contributed by atoms with Crippen LogP contribution in [-0.2, 0) is 9.47 Å². The minimum Gasteiger partial charge on any atom is -0.380 e. The fourth-order valence-electron chi connectivity index (χ4n) is 1.29. The van der Waals surface area contributed by atoms with Crippen LogP contribution in [0.4, 0.5) is 0 Å². The molecule has 1 N–H and O–H groups in total. The van der Waals surface area contributed by atoms with E-state index in [0.717, 1.165) is 26.1 Å². The summed E-state index contributed by atoms with van der Waals surface area (Å²) in [5, 5.41) is 3.25. The number of ether oxygens (including phenoxy) is 2. The highest BCUT2D eigenvalue weighted by Gasteiger charge is 2.21. The monoisotopic (exact) mass is 203 g/mol. The number of hydrogen-bond donors (Lipinski definition) is 1. The zero-order valence-corrected chi connectivity index (χ0v) is 10.2. The molecular weight excluding hydrogens is 178 g/mol. The summed E-state index contributed by atoms with van der Waals surface area (Å²) in [6, 6.07) is 0.372. The van der Waals surface area contributed by atoms with Crippen molar-refractivity contribution in [1.82, 2.24) is 5.32 Å². The van der Waals surface area contributed by atoms with Gasteiger partial charge in [0.05, 0.1) is 12.2 Å². The van der Waals surface area contributed by atoms with Gasteiger partial charge in [0.2, 0.25) is 0 Å². The molecule has 0 bridgehead atoms. The van der Waals surface area contributed by atoms with Gasteiger partial charge >= 0.3 is 0 Å². The number of hydrogen-bond acceptors (Lipinski definition) is 3. The van der Waals surface area contributed by atoms with Crippen LogP contribution in [0.25, 0.3) is 0 Å². The first-order chi connectivity index (χ1) is 6.55. The van der Waals surface area contributed by atoms with Gasteiger partial charge in [-0.15, -0.1) is 0 Å². The zero-order valence-electron chi connectivity index (χ0n) is 10.2. The van der Waals surface area contributed by atoms with E-state index in [2.05, 4.69) is 26.1 Å². The van der Waals surface area contributed by atoms with Gasteiger partial charge in [-0.3, -0.25) is 0 Å². The summed E-state index contributed by atoms with van der Waals surface area (Å²) in [7, 11) is 3.71. The summed E-state index contributed by atoms with van der Waals surface area (Å²) < 4.78 is 10.9. The van der Waals surface area contributed by atoms with Gasteiger partial charge in [-0.25, -0.2) is 0 Å². The van der Waals surface area contributed by atoms with Gasteiger partial charge in [0, 0.05) is 19.8 Å². The minimum atomic E-state index is -0.0801. The van der Waals surface area contributed by atoms with E-state index in [-0.39, 0.29) is 5.60 Å². The molecule has 0 radical (unpaired) electrons. The number of methoxy groups -OCH3 is 1. The summed E-state index contributed by atoms with van der Waals surface area (Å²) in [6.07, 6.45) is 2.04. The van der Waals surface area contributed by atoms with Gasteiger partial charge in [-0.2, -0.15) is 0 Å². The smallest absolute Gasteiger partial charge is 0.0638 e. The van der Waals surface area contributed by atoms with Crippen molar-refractivity contribution in [2.45, 2.75) is 45.3 Å². The maximum absolute atomic E-state index is 5.51. The van der Waals surface area contributed by atoms with E-state index in [0.29, 0.717) is 6.04 Å². The van der Waals surface area contributed by atoms with Crippen molar-refractivity contribution in [3.05, 3.63) is 0 Å². The van der Waals surface area contributed by atoms with Gasteiger partial charge in [-0.1, -0.05) is 6.92 Å². The van der Waals surface area contributed by atoms with Crippen LogP contribution in [0.1, 0.15) is 33.6 Å². The van der Waals surface area contributed by atoms with E-state index in [4.69, 9.17) is 9.47 Å². The topological polar surface area (TPSA) is 30.5 Å². The Labute approximate surface area is 88.2 Å². The van der Waals surface area contributed by atoms with Crippen LogP contribution in [-0.4, -0.2) is 39.0 Å². The molecule has 0 aromatic heterocycles.